The monoisotopic (exact) mass is 478 g/mol. The summed E-state index contributed by atoms with van der Waals surface area (Å²) in [7, 11) is 0. The molecule has 0 fully saturated rings. The van der Waals surface area contributed by atoms with E-state index < -0.39 is 0 Å². The Bertz CT molecular complexity index is 1880. The van der Waals surface area contributed by atoms with E-state index in [1.807, 2.05) is 85.1 Å². The summed E-state index contributed by atoms with van der Waals surface area (Å²) in [4.78, 5) is 9.48. The van der Waals surface area contributed by atoms with Crippen molar-refractivity contribution in [2.24, 2.45) is 0 Å². The first-order valence-electron chi connectivity index (χ1n) is 12.2. The highest BCUT2D eigenvalue weighted by molar-refractivity contribution is 6.09. The van der Waals surface area contributed by atoms with Crippen LogP contribution in [0.25, 0.3) is 38.5 Å². The van der Waals surface area contributed by atoms with Crippen LogP contribution >= 0.6 is 0 Å². The van der Waals surface area contributed by atoms with E-state index in [4.69, 9.17) is 9.72 Å². The van der Waals surface area contributed by atoms with E-state index in [-0.39, 0.29) is 0 Å². The van der Waals surface area contributed by atoms with Gasteiger partial charge in [-0.15, -0.1) is 0 Å². The minimum Gasteiger partial charge on any atom is -0.439 e. The van der Waals surface area contributed by atoms with Gasteiger partial charge >= 0.3 is 0 Å². The number of fused-ring (bicyclic) bond motifs is 4. The van der Waals surface area contributed by atoms with Gasteiger partial charge in [-0.2, -0.15) is 0 Å². The van der Waals surface area contributed by atoms with Crippen LogP contribution < -0.4 is 10.1 Å². The van der Waals surface area contributed by atoms with Crippen molar-refractivity contribution in [1.29, 1.82) is 0 Å². The average molecular weight is 479 g/mol. The highest BCUT2D eigenvalue weighted by atomic mass is 16.5. The largest absolute Gasteiger partial charge is 0.439 e. The van der Waals surface area contributed by atoms with Crippen molar-refractivity contribution in [3.63, 3.8) is 0 Å². The number of nitrogens with one attached hydrogen (secondary N) is 1. The van der Waals surface area contributed by atoms with E-state index in [0.717, 1.165) is 44.5 Å². The number of ether oxygens (including phenoxy) is 1. The summed E-state index contributed by atoms with van der Waals surface area (Å²) >= 11 is 0. The molecule has 0 radical (unpaired) electrons. The third-order valence-corrected chi connectivity index (χ3v) is 6.49. The van der Waals surface area contributed by atoms with Gasteiger partial charge in [-0.25, -0.2) is 9.97 Å². The van der Waals surface area contributed by atoms with Crippen molar-refractivity contribution in [3.05, 3.63) is 128 Å². The summed E-state index contributed by atoms with van der Waals surface area (Å²) < 4.78 is 8.49. The summed E-state index contributed by atoms with van der Waals surface area (Å²) in [6.45, 7) is 0. The van der Waals surface area contributed by atoms with Crippen molar-refractivity contribution in [2.45, 2.75) is 0 Å². The van der Waals surface area contributed by atoms with Gasteiger partial charge in [0.1, 0.15) is 11.6 Å². The minimum absolute atomic E-state index is 0.537. The first-order chi connectivity index (χ1) is 18.3. The number of hydrogen-bond acceptors (Lipinski definition) is 4. The van der Waals surface area contributed by atoms with Crippen LogP contribution in [0.5, 0.6) is 11.6 Å². The van der Waals surface area contributed by atoms with Crippen LogP contribution in [0.3, 0.4) is 0 Å². The Kier molecular flexibility index (Phi) is 5.03. The van der Waals surface area contributed by atoms with Crippen LogP contribution in [0.15, 0.2) is 128 Å². The average Bonchev–Trinajstić information content (AvgIpc) is 3.28. The van der Waals surface area contributed by atoms with E-state index in [9.17, 15) is 0 Å². The van der Waals surface area contributed by atoms with Crippen molar-refractivity contribution in [2.75, 3.05) is 5.32 Å². The molecule has 3 aromatic heterocycles. The van der Waals surface area contributed by atoms with Gasteiger partial charge in [0.25, 0.3) is 0 Å². The molecule has 5 nitrogen and oxygen atoms in total. The van der Waals surface area contributed by atoms with E-state index >= 15 is 0 Å². The topological polar surface area (TPSA) is 52.0 Å². The summed E-state index contributed by atoms with van der Waals surface area (Å²) in [6.07, 6.45) is 1.82. The standard InChI is InChI=1S/C32H22N4O/c1-2-10-23(11-3-1)34-27-13-8-9-22-16-19-31(35-32(22)27)37-24-17-18-26-25-12-4-5-14-28(25)36(29(26)21-24)30-15-6-7-20-33-30/h1-21,34H. The Morgan fingerprint density at radius 2 is 1.49 bits per heavy atom. The molecule has 0 unspecified atom stereocenters. The normalized spacial score (nSPS) is 11.2. The SMILES string of the molecule is c1ccc(Nc2cccc3ccc(Oc4ccc5c6ccccc6n(-c6ccccn6)c5c4)nc23)cc1. The number of pyridine rings is 2. The molecule has 1 N–H and O–H groups in total. The molecule has 4 aromatic carbocycles. The molecule has 0 bridgehead atoms. The molecule has 0 saturated carbocycles. The van der Waals surface area contributed by atoms with E-state index in [1.165, 1.54) is 5.39 Å². The highest BCUT2D eigenvalue weighted by Gasteiger charge is 2.14. The zero-order chi connectivity index (χ0) is 24.6. The number of benzene rings is 4. The molecular formula is C32H22N4O. The fourth-order valence-corrected chi connectivity index (χ4v) is 4.83. The van der Waals surface area contributed by atoms with E-state index in [0.29, 0.717) is 11.6 Å². The number of aromatic nitrogens is 3. The Morgan fingerprint density at radius 1 is 0.649 bits per heavy atom. The van der Waals surface area contributed by atoms with Crippen molar-refractivity contribution in [1.82, 2.24) is 14.5 Å². The first-order valence-corrected chi connectivity index (χ1v) is 12.2. The van der Waals surface area contributed by atoms with Gasteiger partial charge < -0.3 is 10.1 Å². The number of para-hydroxylation sites is 3. The molecule has 5 heteroatoms. The van der Waals surface area contributed by atoms with Crippen LogP contribution in [-0.2, 0) is 0 Å². The molecule has 3 heterocycles. The fraction of sp³-hybridized carbons (Fsp3) is 0. The second-order valence-electron chi connectivity index (χ2n) is 8.84. The number of anilines is 2. The lowest BCUT2D eigenvalue weighted by Crippen LogP contribution is -1.97. The third-order valence-electron chi connectivity index (χ3n) is 6.49. The number of nitrogens with zero attached hydrogens (tertiary/aromatic N) is 3. The quantitative estimate of drug-likeness (QED) is 0.270. The summed E-state index contributed by atoms with van der Waals surface area (Å²) in [5, 5.41) is 6.84. The van der Waals surface area contributed by atoms with Crippen LogP contribution in [-0.4, -0.2) is 14.5 Å². The molecular weight excluding hydrogens is 456 g/mol. The molecule has 7 aromatic rings. The zero-order valence-electron chi connectivity index (χ0n) is 19.9. The summed E-state index contributed by atoms with van der Waals surface area (Å²) in [5.41, 5.74) is 4.93. The molecule has 0 aliphatic carbocycles. The predicted molar refractivity (Wildman–Crippen MR) is 150 cm³/mol. The maximum absolute atomic E-state index is 6.31. The van der Waals surface area contributed by atoms with Gasteiger partial charge in [-0.3, -0.25) is 4.57 Å². The number of hydrogen-bond donors (Lipinski definition) is 1. The summed E-state index contributed by atoms with van der Waals surface area (Å²) in [6, 6.07) is 40.7. The Morgan fingerprint density at radius 3 is 2.38 bits per heavy atom. The molecule has 176 valence electrons. The van der Waals surface area contributed by atoms with Gasteiger partial charge in [0.2, 0.25) is 5.88 Å². The van der Waals surface area contributed by atoms with Crippen LogP contribution in [0.1, 0.15) is 0 Å². The predicted octanol–water partition coefficient (Wildman–Crippen LogP) is 8.26. The smallest absolute Gasteiger partial charge is 0.219 e. The van der Waals surface area contributed by atoms with Gasteiger partial charge in [-0.05, 0) is 54.6 Å². The molecule has 0 spiro atoms. The maximum atomic E-state index is 6.31. The molecule has 37 heavy (non-hydrogen) atoms. The van der Waals surface area contributed by atoms with Crippen molar-refractivity contribution < 1.29 is 4.74 Å². The van der Waals surface area contributed by atoms with Crippen LogP contribution in [0, 0.1) is 0 Å². The fourth-order valence-electron chi connectivity index (χ4n) is 4.83. The van der Waals surface area contributed by atoms with Crippen molar-refractivity contribution >= 4 is 44.1 Å². The van der Waals surface area contributed by atoms with E-state index in [2.05, 4.69) is 57.3 Å². The molecule has 0 saturated heterocycles. The second-order valence-corrected chi connectivity index (χ2v) is 8.84. The van der Waals surface area contributed by atoms with Crippen LogP contribution in [0.2, 0.25) is 0 Å². The third kappa shape index (κ3) is 3.83. The molecule has 0 atom stereocenters. The van der Waals surface area contributed by atoms with Gasteiger partial charge in [0.05, 0.1) is 22.2 Å². The lowest BCUT2D eigenvalue weighted by molar-refractivity contribution is 0.466. The number of rotatable bonds is 5. The Labute approximate surface area is 213 Å². The lowest BCUT2D eigenvalue weighted by atomic mass is 10.1. The van der Waals surface area contributed by atoms with Gasteiger partial charge in [0.15, 0.2) is 0 Å². The lowest BCUT2D eigenvalue weighted by Gasteiger charge is -2.11. The first kappa shape index (κ1) is 21.1. The maximum Gasteiger partial charge on any atom is 0.219 e. The minimum atomic E-state index is 0.537. The molecule has 0 aliphatic rings. The zero-order valence-corrected chi connectivity index (χ0v) is 19.9. The molecule has 0 amide bonds. The summed E-state index contributed by atoms with van der Waals surface area (Å²) in [5.74, 6) is 2.12. The van der Waals surface area contributed by atoms with Crippen molar-refractivity contribution in [3.8, 4) is 17.4 Å². The van der Waals surface area contributed by atoms with Gasteiger partial charge in [-0.1, -0.05) is 54.6 Å². The Hall–Kier alpha value is -5.16. The van der Waals surface area contributed by atoms with E-state index in [1.54, 1.807) is 0 Å². The highest BCUT2D eigenvalue weighted by Crippen LogP contribution is 2.35. The van der Waals surface area contributed by atoms with Gasteiger partial charge in [0, 0.05) is 40.2 Å². The molecule has 0 aliphatic heterocycles. The Balaban J connectivity index is 1.31. The molecule has 7 rings (SSSR count). The second kappa shape index (κ2) is 8.81. The van der Waals surface area contributed by atoms with Crippen LogP contribution in [0.4, 0.5) is 11.4 Å².